The summed E-state index contributed by atoms with van der Waals surface area (Å²) in [6.45, 7) is 13.7. The standard InChI is InChI=1S/C29H42O6SSi/c1-7-29(8-2,35-37(9-3,10-4)11-5)17-12-13-21(6)26-22(16-18-36-26)20-34-23-14-15-24(27(30)31)25(19-23)28(32)33/h13-16,18-19H,7-12,17,20H2,1-6H3,(H,30,31)(H,32,33). The number of thiophene rings is 1. The van der Waals surface area contributed by atoms with Crippen LogP contribution < -0.4 is 4.74 Å². The predicted octanol–water partition coefficient (Wildman–Crippen LogP) is 8.49. The number of rotatable bonds is 16. The van der Waals surface area contributed by atoms with Crippen LogP contribution in [0.4, 0.5) is 0 Å². The molecule has 2 rings (SSSR count). The molecule has 0 amide bonds. The summed E-state index contributed by atoms with van der Waals surface area (Å²) in [4.78, 5) is 23.9. The van der Waals surface area contributed by atoms with Crippen molar-refractivity contribution in [3.8, 4) is 5.75 Å². The monoisotopic (exact) mass is 546 g/mol. The van der Waals surface area contributed by atoms with Gasteiger partial charge in [0.25, 0.3) is 0 Å². The molecule has 0 aliphatic carbocycles. The summed E-state index contributed by atoms with van der Waals surface area (Å²) in [5.41, 5.74) is 1.58. The summed E-state index contributed by atoms with van der Waals surface area (Å²) in [6.07, 6.45) is 6.25. The number of hydrogen-bond acceptors (Lipinski definition) is 5. The third kappa shape index (κ3) is 7.79. The molecular weight excluding hydrogens is 504 g/mol. The van der Waals surface area contributed by atoms with E-state index in [1.807, 2.05) is 11.4 Å². The van der Waals surface area contributed by atoms with Crippen LogP contribution in [0.5, 0.6) is 5.75 Å². The maximum Gasteiger partial charge on any atom is 0.336 e. The van der Waals surface area contributed by atoms with Crippen LogP contribution >= 0.6 is 11.3 Å². The average molecular weight is 547 g/mol. The van der Waals surface area contributed by atoms with Crippen molar-refractivity contribution in [1.82, 2.24) is 0 Å². The molecule has 0 unspecified atom stereocenters. The van der Waals surface area contributed by atoms with Crippen molar-refractivity contribution in [2.24, 2.45) is 0 Å². The number of hydrogen-bond donors (Lipinski definition) is 2. The highest BCUT2D eigenvalue weighted by Gasteiger charge is 2.38. The molecule has 1 heterocycles. The zero-order valence-corrected chi connectivity index (χ0v) is 24.9. The van der Waals surface area contributed by atoms with Crippen molar-refractivity contribution in [2.75, 3.05) is 0 Å². The summed E-state index contributed by atoms with van der Waals surface area (Å²) < 4.78 is 12.9. The first kappa shape index (κ1) is 30.8. The molecule has 8 heteroatoms. The molecule has 0 atom stereocenters. The molecule has 6 nitrogen and oxygen atoms in total. The van der Waals surface area contributed by atoms with E-state index < -0.39 is 20.3 Å². The minimum absolute atomic E-state index is 0.0730. The Bertz CT molecular complexity index is 1070. The SMILES string of the molecule is CCC(CC)(CCC=C(C)c1sccc1COc1ccc(C(=O)O)c(C(=O)O)c1)O[Si](CC)(CC)CC. The molecule has 0 aliphatic heterocycles. The van der Waals surface area contributed by atoms with Gasteiger partial charge in [-0.1, -0.05) is 40.7 Å². The van der Waals surface area contributed by atoms with Gasteiger partial charge in [0, 0.05) is 10.4 Å². The number of carbonyl (C=O) groups is 2. The molecule has 1 aromatic carbocycles. The van der Waals surface area contributed by atoms with Gasteiger partial charge in [0.2, 0.25) is 0 Å². The highest BCUT2D eigenvalue weighted by molar-refractivity contribution is 7.11. The van der Waals surface area contributed by atoms with E-state index in [-0.39, 0.29) is 23.3 Å². The molecule has 2 N–H and O–H groups in total. The third-order valence-electron chi connectivity index (χ3n) is 7.66. The quantitative estimate of drug-likeness (QED) is 0.205. The van der Waals surface area contributed by atoms with Gasteiger partial charge in [0.1, 0.15) is 12.4 Å². The summed E-state index contributed by atoms with van der Waals surface area (Å²) in [5.74, 6) is -2.25. The van der Waals surface area contributed by atoms with Crippen LogP contribution in [0.15, 0.2) is 35.7 Å². The lowest BCUT2D eigenvalue weighted by Crippen LogP contribution is -2.46. The molecule has 2 aromatic rings. The van der Waals surface area contributed by atoms with Gasteiger partial charge in [-0.3, -0.25) is 0 Å². The molecule has 0 saturated heterocycles. The molecule has 0 radical (unpaired) electrons. The maximum atomic E-state index is 11.5. The van der Waals surface area contributed by atoms with E-state index in [1.165, 1.54) is 23.8 Å². The van der Waals surface area contributed by atoms with E-state index in [2.05, 4.69) is 47.6 Å². The number of carboxylic acids is 2. The number of aromatic carboxylic acids is 2. The summed E-state index contributed by atoms with van der Waals surface area (Å²) >= 11 is 1.65. The van der Waals surface area contributed by atoms with E-state index in [4.69, 9.17) is 9.16 Å². The van der Waals surface area contributed by atoms with Crippen LogP contribution in [-0.2, 0) is 11.0 Å². The second-order valence-electron chi connectivity index (χ2n) is 9.54. The molecule has 0 spiro atoms. The van der Waals surface area contributed by atoms with Crippen LogP contribution in [0.25, 0.3) is 5.57 Å². The van der Waals surface area contributed by atoms with Gasteiger partial charge < -0.3 is 19.4 Å². The van der Waals surface area contributed by atoms with Gasteiger partial charge in [0.05, 0.1) is 16.7 Å². The average Bonchev–Trinajstić information content (AvgIpc) is 3.38. The number of benzene rings is 1. The van der Waals surface area contributed by atoms with Gasteiger partial charge in [-0.2, -0.15) is 0 Å². The summed E-state index contributed by atoms with van der Waals surface area (Å²) in [6, 6.07) is 9.50. The van der Waals surface area contributed by atoms with Crippen molar-refractivity contribution in [3.63, 3.8) is 0 Å². The van der Waals surface area contributed by atoms with E-state index in [1.54, 1.807) is 11.3 Å². The first-order valence-corrected chi connectivity index (χ1v) is 16.7. The topological polar surface area (TPSA) is 93.1 Å². The highest BCUT2D eigenvalue weighted by atomic mass is 32.1. The Morgan fingerprint density at radius 3 is 2.14 bits per heavy atom. The van der Waals surface area contributed by atoms with E-state index >= 15 is 0 Å². The first-order chi connectivity index (χ1) is 17.6. The Kier molecular flexibility index (Phi) is 11.6. The second kappa shape index (κ2) is 13.9. The van der Waals surface area contributed by atoms with Gasteiger partial charge >= 0.3 is 11.9 Å². The Morgan fingerprint density at radius 1 is 0.973 bits per heavy atom. The molecule has 1 aromatic heterocycles. The fourth-order valence-corrected chi connectivity index (χ4v) is 8.96. The predicted molar refractivity (Wildman–Crippen MR) is 153 cm³/mol. The lowest BCUT2D eigenvalue weighted by molar-refractivity contribution is 0.0397. The van der Waals surface area contributed by atoms with Crippen molar-refractivity contribution in [2.45, 2.75) is 97.6 Å². The summed E-state index contributed by atoms with van der Waals surface area (Å²) in [7, 11) is -1.70. The fraction of sp³-hybridized carbons (Fsp3) is 0.517. The van der Waals surface area contributed by atoms with Gasteiger partial charge in [0.15, 0.2) is 8.32 Å². The Labute approximate surface area is 226 Å². The van der Waals surface area contributed by atoms with Crippen molar-refractivity contribution in [3.05, 3.63) is 57.3 Å². The smallest absolute Gasteiger partial charge is 0.336 e. The minimum Gasteiger partial charge on any atom is -0.489 e. The molecule has 37 heavy (non-hydrogen) atoms. The first-order valence-electron chi connectivity index (χ1n) is 13.3. The van der Waals surface area contributed by atoms with E-state index in [9.17, 15) is 19.8 Å². The van der Waals surface area contributed by atoms with Gasteiger partial charge in [-0.05, 0) is 86.0 Å². The summed E-state index contributed by atoms with van der Waals surface area (Å²) in [5, 5.41) is 20.6. The van der Waals surface area contributed by atoms with Crippen LogP contribution in [-0.4, -0.2) is 36.1 Å². The molecule has 0 aliphatic rings. The Hall–Kier alpha value is -2.42. The molecule has 0 bridgehead atoms. The van der Waals surface area contributed by atoms with E-state index in [0.717, 1.165) is 54.3 Å². The molecular formula is C29H42O6SSi. The Balaban J connectivity index is 2.12. The highest BCUT2D eigenvalue weighted by Crippen LogP contribution is 2.36. The normalized spacial score (nSPS) is 12.5. The lowest BCUT2D eigenvalue weighted by Gasteiger charge is -2.42. The number of allylic oxidation sites excluding steroid dienone is 2. The second-order valence-corrected chi connectivity index (χ2v) is 15.2. The van der Waals surface area contributed by atoms with E-state index in [0.29, 0.717) is 5.75 Å². The third-order valence-corrected chi connectivity index (χ3v) is 13.5. The van der Waals surface area contributed by atoms with Crippen LogP contribution in [0.3, 0.4) is 0 Å². The largest absolute Gasteiger partial charge is 0.489 e. The van der Waals surface area contributed by atoms with Crippen LogP contribution in [0.1, 0.15) is 98.4 Å². The maximum absolute atomic E-state index is 11.5. The number of carboxylic acid groups (broad SMARTS) is 2. The van der Waals surface area contributed by atoms with Crippen molar-refractivity contribution in [1.29, 1.82) is 0 Å². The zero-order chi connectivity index (χ0) is 27.6. The van der Waals surface area contributed by atoms with Crippen LogP contribution in [0.2, 0.25) is 18.1 Å². The Morgan fingerprint density at radius 2 is 1.59 bits per heavy atom. The molecule has 0 saturated carbocycles. The van der Waals surface area contributed by atoms with Crippen LogP contribution in [0, 0.1) is 0 Å². The minimum atomic E-state index is -1.70. The zero-order valence-electron chi connectivity index (χ0n) is 23.1. The van der Waals surface area contributed by atoms with Crippen molar-refractivity contribution < 1.29 is 29.0 Å². The van der Waals surface area contributed by atoms with Gasteiger partial charge in [-0.15, -0.1) is 11.3 Å². The fourth-order valence-electron chi connectivity index (χ4n) is 4.80. The van der Waals surface area contributed by atoms with Gasteiger partial charge in [-0.25, -0.2) is 9.59 Å². The molecule has 0 fully saturated rings. The molecule has 204 valence electrons. The van der Waals surface area contributed by atoms with Crippen molar-refractivity contribution >= 4 is 37.2 Å². The lowest BCUT2D eigenvalue weighted by atomic mass is 9.91. The number of ether oxygens (including phenoxy) is 1.